The van der Waals surface area contributed by atoms with Gasteiger partial charge in [0.1, 0.15) is 5.82 Å². The highest BCUT2D eigenvalue weighted by molar-refractivity contribution is 6.00. The molecular weight excluding hydrogens is 257 g/mol. The van der Waals surface area contributed by atoms with Crippen molar-refractivity contribution >= 4 is 11.7 Å². The number of nitrogens with zero attached hydrogens (tertiary/aromatic N) is 1. The summed E-state index contributed by atoms with van der Waals surface area (Å²) in [5.74, 6) is 0.184. The third-order valence-corrected chi connectivity index (χ3v) is 3.83. The second kappa shape index (κ2) is 4.74. The predicted molar refractivity (Wildman–Crippen MR) is 73.9 cm³/mol. The number of aromatic amines is 1. The summed E-state index contributed by atoms with van der Waals surface area (Å²) in [6, 6.07) is 7.99. The maximum Gasteiger partial charge on any atom is 0.236 e. The topological polar surface area (TPSA) is 57.8 Å². The molecule has 2 N–H and O–H groups in total. The van der Waals surface area contributed by atoms with Gasteiger partial charge in [0.15, 0.2) is 5.82 Å². The fraction of sp³-hybridized carbons (Fsp3) is 0.333. The van der Waals surface area contributed by atoms with E-state index in [1.54, 1.807) is 12.1 Å². The molecule has 1 aromatic carbocycles. The van der Waals surface area contributed by atoms with Crippen LogP contribution in [0.15, 0.2) is 30.3 Å². The van der Waals surface area contributed by atoms with Crippen LogP contribution in [0.3, 0.4) is 0 Å². The number of H-pyrrole nitrogens is 1. The van der Waals surface area contributed by atoms with Gasteiger partial charge in [-0.3, -0.25) is 9.89 Å². The highest BCUT2D eigenvalue weighted by Gasteiger charge is 2.51. The number of nitrogens with one attached hydrogen (secondary N) is 2. The number of rotatable bonds is 4. The first-order chi connectivity index (χ1) is 9.64. The SMILES string of the molecule is CCc1cc(NC(=O)C2(c3ccc(F)cc3)CC2)n[nH]1. The van der Waals surface area contributed by atoms with E-state index in [1.807, 2.05) is 13.0 Å². The molecule has 0 atom stereocenters. The van der Waals surface area contributed by atoms with Crippen molar-refractivity contribution in [3.05, 3.63) is 47.4 Å². The molecule has 0 bridgehead atoms. The highest BCUT2D eigenvalue weighted by Crippen LogP contribution is 2.48. The van der Waals surface area contributed by atoms with Crippen molar-refractivity contribution in [3.63, 3.8) is 0 Å². The molecule has 0 radical (unpaired) electrons. The average Bonchev–Trinajstić information content (AvgIpc) is 3.14. The van der Waals surface area contributed by atoms with Gasteiger partial charge in [0, 0.05) is 11.8 Å². The predicted octanol–water partition coefficient (Wildman–Crippen LogP) is 2.78. The van der Waals surface area contributed by atoms with Crippen LogP contribution < -0.4 is 5.32 Å². The first-order valence-electron chi connectivity index (χ1n) is 6.76. The summed E-state index contributed by atoms with van der Waals surface area (Å²) < 4.78 is 13.0. The van der Waals surface area contributed by atoms with Crippen LogP contribution in [0, 0.1) is 5.82 Å². The molecule has 0 spiro atoms. The number of halogens is 1. The van der Waals surface area contributed by atoms with Gasteiger partial charge in [-0.2, -0.15) is 5.10 Å². The molecule has 4 nitrogen and oxygen atoms in total. The minimum absolute atomic E-state index is 0.0711. The van der Waals surface area contributed by atoms with Crippen molar-refractivity contribution in [2.75, 3.05) is 5.32 Å². The van der Waals surface area contributed by atoms with Crippen LogP contribution in [-0.4, -0.2) is 16.1 Å². The van der Waals surface area contributed by atoms with Gasteiger partial charge in [0.2, 0.25) is 5.91 Å². The molecule has 1 fully saturated rings. The Labute approximate surface area is 116 Å². The molecule has 1 aliphatic rings. The average molecular weight is 273 g/mol. The van der Waals surface area contributed by atoms with E-state index in [0.29, 0.717) is 5.82 Å². The largest absolute Gasteiger partial charge is 0.308 e. The van der Waals surface area contributed by atoms with E-state index < -0.39 is 5.41 Å². The second-order valence-corrected chi connectivity index (χ2v) is 5.18. The molecule has 5 heteroatoms. The van der Waals surface area contributed by atoms with Crippen LogP contribution in [0.1, 0.15) is 31.0 Å². The van der Waals surface area contributed by atoms with E-state index in [1.165, 1.54) is 12.1 Å². The standard InChI is InChI=1S/C15H16FN3O/c1-2-12-9-13(19-18-12)17-14(20)15(7-8-15)10-3-5-11(16)6-4-10/h3-6,9H,2,7-8H2,1H3,(H2,17,18,19,20). The number of hydrogen-bond donors (Lipinski definition) is 2. The number of anilines is 1. The Morgan fingerprint density at radius 1 is 1.40 bits per heavy atom. The van der Waals surface area contributed by atoms with Crippen LogP contribution in [0.5, 0.6) is 0 Å². The van der Waals surface area contributed by atoms with E-state index in [4.69, 9.17) is 0 Å². The Balaban J connectivity index is 1.77. The normalized spacial score (nSPS) is 15.9. The quantitative estimate of drug-likeness (QED) is 0.900. The minimum Gasteiger partial charge on any atom is -0.308 e. The van der Waals surface area contributed by atoms with Crippen molar-refractivity contribution in [1.82, 2.24) is 10.2 Å². The van der Waals surface area contributed by atoms with E-state index in [-0.39, 0.29) is 11.7 Å². The Morgan fingerprint density at radius 3 is 2.65 bits per heavy atom. The maximum absolute atomic E-state index is 13.0. The molecular formula is C15H16FN3O. The third kappa shape index (κ3) is 2.19. The number of amides is 1. The van der Waals surface area contributed by atoms with Crippen LogP contribution in [-0.2, 0) is 16.6 Å². The number of aromatic nitrogens is 2. The van der Waals surface area contributed by atoms with Gasteiger partial charge >= 0.3 is 0 Å². The van der Waals surface area contributed by atoms with Gasteiger partial charge in [0.25, 0.3) is 0 Å². The molecule has 3 rings (SSSR count). The Kier molecular flexibility index (Phi) is 3.04. The summed E-state index contributed by atoms with van der Waals surface area (Å²) in [5, 5.41) is 9.76. The number of benzene rings is 1. The summed E-state index contributed by atoms with van der Waals surface area (Å²) >= 11 is 0. The molecule has 0 unspecified atom stereocenters. The Hall–Kier alpha value is -2.17. The summed E-state index contributed by atoms with van der Waals surface area (Å²) in [6.07, 6.45) is 2.41. The molecule has 1 aromatic heterocycles. The molecule has 1 saturated carbocycles. The fourth-order valence-electron chi connectivity index (χ4n) is 2.38. The van der Waals surface area contributed by atoms with E-state index in [0.717, 1.165) is 30.5 Å². The highest BCUT2D eigenvalue weighted by atomic mass is 19.1. The van der Waals surface area contributed by atoms with Crippen LogP contribution in [0.4, 0.5) is 10.2 Å². The minimum atomic E-state index is -0.515. The van der Waals surface area contributed by atoms with Crippen molar-refractivity contribution in [2.24, 2.45) is 0 Å². The first-order valence-corrected chi connectivity index (χ1v) is 6.76. The zero-order chi connectivity index (χ0) is 14.2. The van der Waals surface area contributed by atoms with Crippen LogP contribution >= 0.6 is 0 Å². The zero-order valence-electron chi connectivity index (χ0n) is 11.2. The van der Waals surface area contributed by atoms with E-state index in [2.05, 4.69) is 15.5 Å². The van der Waals surface area contributed by atoms with Gasteiger partial charge in [-0.15, -0.1) is 0 Å². The second-order valence-electron chi connectivity index (χ2n) is 5.18. The molecule has 0 saturated heterocycles. The van der Waals surface area contributed by atoms with Crippen molar-refractivity contribution < 1.29 is 9.18 Å². The lowest BCUT2D eigenvalue weighted by Gasteiger charge is -2.14. The van der Waals surface area contributed by atoms with Gasteiger partial charge in [0.05, 0.1) is 5.41 Å². The molecule has 20 heavy (non-hydrogen) atoms. The Morgan fingerprint density at radius 2 is 2.10 bits per heavy atom. The lowest BCUT2D eigenvalue weighted by molar-refractivity contribution is -0.118. The summed E-state index contributed by atoms with van der Waals surface area (Å²) in [4.78, 5) is 12.4. The zero-order valence-corrected chi connectivity index (χ0v) is 11.2. The van der Waals surface area contributed by atoms with E-state index >= 15 is 0 Å². The maximum atomic E-state index is 13.0. The smallest absolute Gasteiger partial charge is 0.236 e. The number of aryl methyl sites for hydroxylation is 1. The molecule has 2 aromatic rings. The number of hydrogen-bond acceptors (Lipinski definition) is 2. The fourth-order valence-corrected chi connectivity index (χ4v) is 2.38. The summed E-state index contributed by atoms with van der Waals surface area (Å²) in [6.45, 7) is 2.01. The van der Waals surface area contributed by atoms with Crippen molar-refractivity contribution in [3.8, 4) is 0 Å². The molecule has 1 heterocycles. The summed E-state index contributed by atoms with van der Waals surface area (Å²) in [5.41, 5.74) is 1.33. The van der Waals surface area contributed by atoms with Crippen molar-refractivity contribution in [2.45, 2.75) is 31.6 Å². The molecule has 104 valence electrons. The summed E-state index contributed by atoms with van der Waals surface area (Å²) in [7, 11) is 0. The van der Waals surface area contributed by atoms with Gasteiger partial charge in [-0.05, 0) is 37.0 Å². The van der Waals surface area contributed by atoms with Gasteiger partial charge in [-0.25, -0.2) is 4.39 Å². The van der Waals surface area contributed by atoms with Crippen molar-refractivity contribution in [1.29, 1.82) is 0 Å². The molecule has 0 aliphatic heterocycles. The lowest BCUT2D eigenvalue weighted by Crippen LogP contribution is -2.27. The van der Waals surface area contributed by atoms with Gasteiger partial charge < -0.3 is 5.32 Å². The lowest BCUT2D eigenvalue weighted by atomic mass is 9.95. The third-order valence-electron chi connectivity index (χ3n) is 3.83. The number of carbonyl (C=O) groups is 1. The number of carbonyl (C=O) groups excluding carboxylic acids is 1. The van der Waals surface area contributed by atoms with Crippen LogP contribution in [0.2, 0.25) is 0 Å². The van der Waals surface area contributed by atoms with Crippen LogP contribution in [0.25, 0.3) is 0 Å². The van der Waals surface area contributed by atoms with E-state index in [9.17, 15) is 9.18 Å². The molecule has 1 aliphatic carbocycles. The first kappa shape index (κ1) is 12.8. The monoisotopic (exact) mass is 273 g/mol. The van der Waals surface area contributed by atoms with Gasteiger partial charge in [-0.1, -0.05) is 19.1 Å². The Bertz CT molecular complexity index is 629. The molecule has 1 amide bonds.